The molecule has 2 aromatic carbocycles. The van der Waals surface area contributed by atoms with Crippen LogP contribution in [0.3, 0.4) is 0 Å². The van der Waals surface area contributed by atoms with Crippen molar-refractivity contribution in [3.63, 3.8) is 0 Å². The van der Waals surface area contributed by atoms with Crippen LogP contribution in [0.5, 0.6) is 5.75 Å². The number of nitrogens with zero attached hydrogens (tertiary/aromatic N) is 1. The average Bonchev–Trinajstić information content (AvgIpc) is 2.82. The molecule has 104 valence electrons. The molecule has 0 spiro atoms. The van der Waals surface area contributed by atoms with Gasteiger partial charge < -0.3 is 10.5 Å². The average molecular weight is 272 g/mol. The number of rotatable bonds is 3. The third-order valence-corrected chi connectivity index (χ3v) is 3.68. The van der Waals surface area contributed by atoms with Gasteiger partial charge in [-0.2, -0.15) is 0 Å². The summed E-state index contributed by atoms with van der Waals surface area (Å²) in [5, 5.41) is 0. The highest BCUT2D eigenvalue weighted by molar-refractivity contribution is 5.46. The van der Waals surface area contributed by atoms with Gasteiger partial charge in [0, 0.05) is 30.9 Å². The van der Waals surface area contributed by atoms with E-state index in [1.807, 2.05) is 24.3 Å². The zero-order valence-corrected chi connectivity index (χ0v) is 11.4. The number of methoxy groups -OCH3 is 1. The number of anilines is 1. The van der Waals surface area contributed by atoms with Crippen molar-refractivity contribution >= 4 is 5.69 Å². The molecule has 1 aliphatic heterocycles. The summed E-state index contributed by atoms with van der Waals surface area (Å²) < 4.78 is 19.2. The molecule has 0 radical (unpaired) electrons. The molecule has 0 atom stereocenters. The van der Waals surface area contributed by atoms with Crippen molar-refractivity contribution in [1.82, 2.24) is 4.90 Å². The summed E-state index contributed by atoms with van der Waals surface area (Å²) >= 11 is 0. The molecule has 0 aromatic heterocycles. The number of nitrogens with two attached hydrogens (primary N) is 1. The maximum atomic E-state index is 14.1. The van der Waals surface area contributed by atoms with E-state index >= 15 is 0 Å². The van der Waals surface area contributed by atoms with Gasteiger partial charge in [0.2, 0.25) is 0 Å². The van der Waals surface area contributed by atoms with Gasteiger partial charge >= 0.3 is 0 Å². The summed E-state index contributed by atoms with van der Waals surface area (Å²) in [7, 11) is 1.48. The first-order valence-corrected chi connectivity index (χ1v) is 6.58. The van der Waals surface area contributed by atoms with E-state index in [1.54, 1.807) is 12.1 Å². The minimum Gasteiger partial charge on any atom is -0.494 e. The zero-order valence-electron chi connectivity index (χ0n) is 11.4. The van der Waals surface area contributed by atoms with Crippen LogP contribution in [0.2, 0.25) is 0 Å². The number of ether oxygens (including phenoxy) is 1. The normalized spacial score (nSPS) is 14.3. The van der Waals surface area contributed by atoms with Crippen molar-refractivity contribution in [3.8, 4) is 5.75 Å². The number of nitrogen functional groups attached to an aromatic ring is 1. The van der Waals surface area contributed by atoms with Gasteiger partial charge in [-0.15, -0.1) is 0 Å². The van der Waals surface area contributed by atoms with Crippen LogP contribution >= 0.6 is 0 Å². The van der Waals surface area contributed by atoms with E-state index in [1.165, 1.54) is 18.2 Å². The lowest BCUT2D eigenvalue weighted by Crippen LogP contribution is -2.16. The topological polar surface area (TPSA) is 38.5 Å². The lowest BCUT2D eigenvalue weighted by Gasteiger charge is -2.16. The molecule has 0 amide bonds. The molecule has 3 rings (SSSR count). The smallest absolute Gasteiger partial charge is 0.169 e. The summed E-state index contributed by atoms with van der Waals surface area (Å²) in [5.41, 5.74) is 9.73. The van der Waals surface area contributed by atoms with Crippen LogP contribution in [-0.4, -0.2) is 12.0 Å². The largest absolute Gasteiger partial charge is 0.494 e. The van der Waals surface area contributed by atoms with Crippen LogP contribution in [0.4, 0.5) is 10.1 Å². The van der Waals surface area contributed by atoms with Gasteiger partial charge in [-0.05, 0) is 29.3 Å². The Morgan fingerprint density at radius 2 is 2.00 bits per heavy atom. The van der Waals surface area contributed by atoms with Crippen LogP contribution in [0.1, 0.15) is 16.7 Å². The molecule has 0 aliphatic carbocycles. The molecule has 0 saturated carbocycles. The van der Waals surface area contributed by atoms with E-state index in [2.05, 4.69) is 4.90 Å². The van der Waals surface area contributed by atoms with Crippen molar-refractivity contribution in [2.75, 3.05) is 12.8 Å². The molecule has 2 aromatic rings. The molecule has 4 heteroatoms. The van der Waals surface area contributed by atoms with Gasteiger partial charge in [-0.3, -0.25) is 4.90 Å². The van der Waals surface area contributed by atoms with Gasteiger partial charge in [0.05, 0.1) is 7.11 Å². The molecule has 1 heterocycles. The first-order chi connectivity index (χ1) is 9.67. The third-order valence-electron chi connectivity index (χ3n) is 3.68. The van der Waals surface area contributed by atoms with E-state index in [0.717, 1.165) is 18.8 Å². The number of fused-ring (bicyclic) bond motifs is 1. The zero-order chi connectivity index (χ0) is 14.1. The molecule has 20 heavy (non-hydrogen) atoms. The predicted molar refractivity (Wildman–Crippen MR) is 76.8 cm³/mol. The van der Waals surface area contributed by atoms with Gasteiger partial charge in [-0.25, -0.2) is 4.39 Å². The summed E-state index contributed by atoms with van der Waals surface area (Å²) in [6, 6.07) is 11.2. The minimum atomic E-state index is -0.273. The SMILES string of the molecule is COc1cccc(CN2Cc3ccc(N)cc3C2)c1F. The Morgan fingerprint density at radius 3 is 2.80 bits per heavy atom. The van der Waals surface area contributed by atoms with Crippen LogP contribution in [0.15, 0.2) is 36.4 Å². The Morgan fingerprint density at radius 1 is 1.20 bits per heavy atom. The second-order valence-corrected chi connectivity index (χ2v) is 5.11. The Hall–Kier alpha value is -2.07. The summed E-state index contributed by atoms with van der Waals surface area (Å²) in [5.74, 6) is 0.0222. The lowest BCUT2D eigenvalue weighted by atomic mass is 10.1. The summed E-state index contributed by atoms with van der Waals surface area (Å²) in [6.45, 7) is 2.20. The fourth-order valence-corrected chi connectivity index (χ4v) is 2.67. The van der Waals surface area contributed by atoms with Crippen LogP contribution in [-0.2, 0) is 19.6 Å². The van der Waals surface area contributed by atoms with E-state index < -0.39 is 0 Å². The van der Waals surface area contributed by atoms with Crippen molar-refractivity contribution < 1.29 is 9.13 Å². The summed E-state index contributed by atoms with van der Waals surface area (Å²) in [4.78, 5) is 2.20. The monoisotopic (exact) mass is 272 g/mol. The van der Waals surface area contributed by atoms with Crippen molar-refractivity contribution in [2.24, 2.45) is 0 Å². The maximum Gasteiger partial charge on any atom is 0.169 e. The highest BCUT2D eigenvalue weighted by Crippen LogP contribution is 2.28. The Balaban J connectivity index is 1.78. The van der Waals surface area contributed by atoms with E-state index in [9.17, 15) is 4.39 Å². The second-order valence-electron chi connectivity index (χ2n) is 5.11. The Bertz CT molecular complexity index is 642. The quantitative estimate of drug-likeness (QED) is 0.873. The predicted octanol–water partition coefficient (Wildman–Crippen LogP) is 2.93. The van der Waals surface area contributed by atoms with Crippen molar-refractivity contribution in [2.45, 2.75) is 19.6 Å². The molecule has 0 unspecified atom stereocenters. The fourth-order valence-electron chi connectivity index (χ4n) is 2.67. The van der Waals surface area contributed by atoms with Crippen molar-refractivity contribution in [3.05, 3.63) is 58.9 Å². The standard InChI is InChI=1S/C16H17FN2O/c1-20-15-4-2-3-12(16(15)17)9-19-8-11-5-6-14(18)7-13(11)10-19/h2-7H,8-10,18H2,1H3. The molecule has 0 saturated heterocycles. The van der Waals surface area contributed by atoms with Crippen LogP contribution in [0.25, 0.3) is 0 Å². The van der Waals surface area contributed by atoms with E-state index in [0.29, 0.717) is 17.9 Å². The maximum absolute atomic E-state index is 14.1. The molecule has 1 aliphatic rings. The number of benzene rings is 2. The Labute approximate surface area is 117 Å². The molecular weight excluding hydrogens is 255 g/mol. The van der Waals surface area contributed by atoms with Crippen LogP contribution in [0, 0.1) is 5.82 Å². The number of hydrogen-bond donors (Lipinski definition) is 1. The number of hydrogen-bond acceptors (Lipinski definition) is 3. The molecular formula is C16H17FN2O. The summed E-state index contributed by atoms with van der Waals surface area (Å²) in [6.07, 6.45) is 0. The van der Waals surface area contributed by atoms with Gasteiger partial charge in [0.15, 0.2) is 11.6 Å². The second kappa shape index (κ2) is 5.13. The molecule has 2 N–H and O–H groups in total. The highest BCUT2D eigenvalue weighted by atomic mass is 19.1. The lowest BCUT2D eigenvalue weighted by molar-refractivity contribution is 0.269. The molecule has 0 bridgehead atoms. The van der Waals surface area contributed by atoms with Gasteiger partial charge in [-0.1, -0.05) is 18.2 Å². The first kappa shape index (κ1) is 12.9. The highest BCUT2D eigenvalue weighted by Gasteiger charge is 2.20. The molecule has 3 nitrogen and oxygen atoms in total. The van der Waals surface area contributed by atoms with Crippen LogP contribution < -0.4 is 10.5 Å². The fraction of sp³-hybridized carbons (Fsp3) is 0.250. The van der Waals surface area contributed by atoms with Gasteiger partial charge in [0.1, 0.15) is 0 Å². The van der Waals surface area contributed by atoms with Gasteiger partial charge in [0.25, 0.3) is 0 Å². The van der Waals surface area contributed by atoms with Crippen molar-refractivity contribution in [1.29, 1.82) is 0 Å². The first-order valence-electron chi connectivity index (χ1n) is 6.58. The third kappa shape index (κ3) is 2.34. The number of halogens is 1. The minimum absolute atomic E-state index is 0.273. The van der Waals surface area contributed by atoms with E-state index in [-0.39, 0.29) is 5.82 Å². The van der Waals surface area contributed by atoms with E-state index in [4.69, 9.17) is 10.5 Å². The molecule has 0 fully saturated rings. The Kier molecular flexibility index (Phi) is 3.32.